The van der Waals surface area contributed by atoms with Gasteiger partial charge in [-0.3, -0.25) is 0 Å². The summed E-state index contributed by atoms with van der Waals surface area (Å²) in [4.78, 5) is 0. The molecule has 0 saturated heterocycles. The molecule has 0 amide bonds. The average molecular weight is 441 g/mol. The van der Waals surface area contributed by atoms with Crippen molar-refractivity contribution >= 4 is 0 Å². The van der Waals surface area contributed by atoms with Gasteiger partial charge >= 0.3 is 0 Å². The molecule has 1 aromatic heterocycles. The molecule has 0 aromatic carbocycles. The van der Waals surface area contributed by atoms with Crippen LogP contribution in [0.15, 0.2) is 18.7 Å². The van der Waals surface area contributed by atoms with E-state index >= 15 is 0 Å². The first-order valence-electron chi connectivity index (χ1n) is 12.1. The topological polar surface area (TPSA) is 27.3 Å². The van der Waals surface area contributed by atoms with Crippen molar-refractivity contribution in [1.82, 2.24) is 4.57 Å². The van der Waals surface area contributed by atoms with Crippen LogP contribution in [0.2, 0.25) is 0 Å². The maximum absolute atomic E-state index is 6.39. The average Bonchev–Trinajstić information content (AvgIpc) is 3.12. The van der Waals surface area contributed by atoms with Crippen LogP contribution in [0.4, 0.5) is 0 Å². The zero-order valence-electron chi connectivity index (χ0n) is 20.1. The smallest absolute Gasteiger partial charge is 0.247 e. The second-order valence-electron chi connectivity index (χ2n) is 10.8. The Morgan fingerprint density at radius 3 is 1.93 bits per heavy atom. The van der Waals surface area contributed by atoms with Gasteiger partial charge in [0.15, 0.2) is 13.5 Å². The number of nitrogens with zero attached hydrogens (tertiary/aromatic N) is 2. The van der Waals surface area contributed by atoms with Crippen molar-refractivity contribution in [2.75, 3.05) is 0 Å². The zero-order chi connectivity index (χ0) is 21.0. The van der Waals surface area contributed by atoms with Crippen molar-refractivity contribution in [3.8, 4) is 0 Å². The summed E-state index contributed by atoms with van der Waals surface area (Å²) in [5.74, 6) is 4.34. The summed E-state index contributed by atoms with van der Waals surface area (Å²) < 4.78 is 17.1. The van der Waals surface area contributed by atoms with Crippen molar-refractivity contribution < 1.29 is 26.4 Å². The molecule has 6 unspecified atom stereocenters. The van der Waals surface area contributed by atoms with Gasteiger partial charge in [-0.05, 0) is 61.2 Å². The molecule has 2 aliphatic rings. The lowest BCUT2D eigenvalue weighted by atomic mass is 9.75. The largest absolute Gasteiger partial charge is 1.00 e. The number of ether oxygens (including phenoxy) is 2. The predicted molar refractivity (Wildman–Crippen MR) is 117 cm³/mol. The summed E-state index contributed by atoms with van der Waals surface area (Å²) >= 11 is 0. The van der Waals surface area contributed by atoms with Crippen LogP contribution in [0.5, 0.6) is 0 Å². The third-order valence-corrected chi connectivity index (χ3v) is 7.54. The Morgan fingerprint density at radius 1 is 0.867 bits per heavy atom. The normalized spacial score (nSPS) is 32.4. The first-order valence-corrected chi connectivity index (χ1v) is 12.1. The molecule has 4 nitrogen and oxygen atoms in total. The van der Waals surface area contributed by atoms with Gasteiger partial charge in [-0.25, -0.2) is 9.13 Å². The molecule has 30 heavy (non-hydrogen) atoms. The zero-order valence-corrected chi connectivity index (χ0v) is 20.9. The summed E-state index contributed by atoms with van der Waals surface area (Å²) in [5.41, 5.74) is 0. The highest BCUT2D eigenvalue weighted by Crippen LogP contribution is 2.36. The second-order valence-corrected chi connectivity index (χ2v) is 10.8. The van der Waals surface area contributed by atoms with E-state index in [1.165, 1.54) is 38.5 Å². The Bertz CT molecular complexity index is 568. The van der Waals surface area contributed by atoms with E-state index in [-0.39, 0.29) is 12.4 Å². The minimum absolute atomic E-state index is 0. The number of halogens is 1. The minimum Gasteiger partial charge on any atom is -1.00 e. The highest BCUT2D eigenvalue weighted by molar-refractivity contribution is 4.82. The van der Waals surface area contributed by atoms with E-state index in [2.05, 4.69) is 69.4 Å². The first-order chi connectivity index (χ1) is 13.8. The van der Waals surface area contributed by atoms with Crippen LogP contribution < -0.4 is 17.0 Å². The molecular formula is C25H45ClN2O2. The van der Waals surface area contributed by atoms with Gasteiger partial charge in [0.25, 0.3) is 0 Å². The van der Waals surface area contributed by atoms with Gasteiger partial charge in [-0.1, -0.05) is 54.4 Å². The number of rotatable bonds is 8. The molecule has 1 aromatic rings. The summed E-state index contributed by atoms with van der Waals surface area (Å²) in [5, 5.41) is 0. The van der Waals surface area contributed by atoms with Crippen molar-refractivity contribution in [3.63, 3.8) is 0 Å². The lowest BCUT2D eigenvalue weighted by Crippen LogP contribution is -3.00. The number of hydrogen-bond acceptors (Lipinski definition) is 2. The highest BCUT2D eigenvalue weighted by atomic mass is 35.5. The molecule has 6 atom stereocenters. The Balaban J connectivity index is 0.00000320. The predicted octanol–water partition coefficient (Wildman–Crippen LogP) is 2.65. The Hall–Kier alpha value is -0.580. The molecule has 0 spiro atoms. The fraction of sp³-hybridized carbons (Fsp3) is 0.880. The number of imidazole rings is 1. The molecule has 0 aliphatic heterocycles. The van der Waals surface area contributed by atoms with E-state index in [1.54, 1.807) is 0 Å². The Kier molecular flexibility index (Phi) is 10.2. The van der Waals surface area contributed by atoms with Crippen LogP contribution in [-0.2, 0) is 22.9 Å². The van der Waals surface area contributed by atoms with Crippen molar-refractivity contribution in [2.24, 2.45) is 35.5 Å². The lowest BCUT2D eigenvalue weighted by Gasteiger charge is -2.36. The van der Waals surface area contributed by atoms with Crippen molar-refractivity contribution in [1.29, 1.82) is 0 Å². The molecular weight excluding hydrogens is 396 g/mol. The molecule has 0 radical (unpaired) electrons. The summed E-state index contributed by atoms with van der Waals surface area (Å²) in [6, 6.07) is 0. The van der Waals surface area contributed by atoms with Crippen LogP contribution in [0, 0.1) is 35.5 Å². The maximum atomic E-state index is 6.39. The molecule has 5 heteroatoms. The molecule has 0 bridgehead atoms. The quantitative estimate of drug-likeness (QED) is 0.581. The van der Waals surface area contributed by atoms with E-state index in [1.807, 2.05) is 0 Å². The maximum Gasteiger partial charge on any atom is 0.247 e. The fourth-order valence-electron chi connectivity index (χ4n) is 5.57. The molecule has 1 heterocycles. The fourth-order valence-corrected chi connectivity index (χ4v) is 5.57. The molecule has 3 rings (SSSR count). The summed E-state index contributed by atoms with van der Waals surface area (Å²) in [7, 11) is 0. The third-order valence-electron chi connectivity index (χ3n) is 7.54. The van der Waals surface area contributed by atoms with Gasteiger partial charge < -0.3 is 21.9 Å². The molecule has 2 saturated carbocycles. The minimum atomic E-state index is 0. The molecule has 0 N–H and O–H groups in total. The van der Waals surface area contributed by atoms with Gasteiger partial charge in [0.2, 0.25) is 6.33 Å². The van der Waals surface area contributed by atoms with Crippen molar-refractivity contribution in [3.05, 3.63) is 18.7 Å². The SMILES string of the molecule is CC1CCC(C(C)C)C(OCn2cc[n+](COC3CC(C)CCC3C(C)C)c2)C1.[Cl-]. The van der Waals surface area contributed by atoms with E-state index in [4.69, 9.17) is 9.47 Å². The van der Waals surface area contributed by atoms with Crippen LogP contribution in [0.25, 0.3) is 0 Å². The monoisotopic (exact) mass is 440 g/mol. The lowest BCUT2D eigenvalue weighted by molar-refractivity contribution is -0.735. The standard InChI is InChI=1S/C25H45N2O2.ClH/c1-18(2)22-9-7-20(5)13-24(22)28-16-26-11-12-27(15-26)17-29-25-14-21(6)8-10-23(25)19(3)4;/h11-12,15,18-25H,7-10,13-14,16-17H2,1-6H3;1H/q+1;/p-1. The third kappa shape index (κ3) is 6.97. The molecule has 174 valence electrons. The number of aromatic nitrogens is 2. The van der Waals surface area contributed by atoms with Crippen LogP contribution >= 0.6 is 0 Å². The van der Waals surface area contributed by atoms with Crippen LogP contribution in [0.1, 0.15) is 80.1 Å². The molecule has 2 aliphatic carbocycles. The van der Waals surface area contributed by atoms with Gasteiger partial charge in [0.05, 0.1) is 12.2 Å². The Labute approximate surface area is 191 Å². The highest BCUT2D eigenvalue weighted by Gasteiger charge is 2.33. The van der Waals surface area contributed by atoms with E-state index in [0.29, 0.717) is 49.3 Å². The second kappa shape index (κ2) is 11.9. The van der Waals surface area contributed by atoms with Gasteiger partial charge in [-0.2, -0.15) is 0 Å². The first kappa shape index (κ1) is 25.7. The van der Waals surface area contributed by atoms with E-state index < -0.39 is 0 Å². The van der Waals surface area contributed by atoms with Crippen LogP contribution in [-0.4, -0.2) is 16.8 Å². The Morgan fingerprint density at radius 2 is 1.40 bits per heavy atom. The summed E-state index contributed by atoms with van der Waals surface area (Å²) in [6.07, 6.45) is 14.8. The van der Waals surface area contributed by atoms with Crippen molar-refractivity contribution in [2.45, 2.75) is 106 Å². The van der Waals surface area contributed by atoms with Gasteiger partial charge in [0, 0.05) is 0 Å². The van der Waals surface area contributed by atoms with E-state index in [0.717, 1.165) is 11.8 Å². The van der Waals surface area contributed by atoms with Gasteiger partial charge in [-0.15, -0.1) is 0 Å². The number of hydrogen-bond donors (Lipinski definition) is 0. The van der Waals surface area contributed by atoms with Crippen LogP contribution in [0.3, 0.4) is 0 Å². The van der Waals surface area contributed by atoms with Gasteiger partial charge in [0.1, 0.15) is 12.4 Å². The van der Waals surface area contributed by atoms with E-state index in [9.17, 15) is 0 Å². The molecule has 2 fully saturated rings. The summed E-state index contributed by atoms with van der Waals surface area (Å²) in [6.45, 7) is 15.4.